The van der Waals surface area contributed by atoms with Crippen LogP contribution in [0.4, 0.5) is 5.69 Å². The fraction of sp³-hybridized carbons (Fsp3) is 0.400. The zero-order valence-corrected chi connectivity index (χ0v) is 16.8. The third-order valence-corrected chi connectivity index (χ3v) is 6.85. The number of anilines is 1. The lowest BCUT2D eigenvalue weighted by atomic mass is 10.2. The van der Waals surface area contributed by atoms with Gasteiger partial charge in [0, 0.05) is 32.2 Å². The van der Waals surface area contributed by atoms with E-state index in [-0.39, 0.29) is 0 Å². The second-order valence-electron chi connectivity index (χ2n) is 6.43. The molecule has 1 heterocycles. The molecule has 1 saturated heterocycles. The van der Waals surface area contributed by atoms with Gasteiger partial charge in [0.1, 0.15) is 11.5 Å². The first-order valence-corrected chi connectivity index (χ1v) is 10.5. The van der Waals surface area contributed by atoms with Gasteiger partial charge in [-0.3, -0.25) is 0 Å². The van der Waals surface area contributed by atoms with Crippen LogP contribution in [0.15, 0.2) is 47.4 Å². The third kappa shape index (κ3) is 4.04. The first-order valence-electron chi connectivity index (χ1n) is 9.05. The highest BCUT2D eigenvalue weighted by Crippen LogP contribution is 2.33. The van der Waals surface area contributed by atoms with E-state index in [0.29, 0.717) is 31.1 Å². The smallest absolute Gasteiger partial charge is 0.243 e. The van der Waals surface area contributed by atoms with Crippen molar-refractivity contribution in [1.82, 2.24) is 4.31 Å². The molecule has 0 amide bonds. The zero-order valence-electron chi connectivity index (χ0n) is 16.0. The topological polar surface area (TPSA) is 59.1 Å². The molecule has 1 fully saturated rings. The van der Waals surface area contributed by atoms with Crippen molar-refractivity contribution >= 4 is 15.7 Å². The monoisotopic (exact) mass is 390 g/mol. The van der Waals surface area contributed by atoms with E-state index in [1.54, 1.807) is 30.7 Å². The van der Waals surface area contributed by atoms with Crippen molar-refractivity contribution in [3.8, 4) is 11.5 Å². The summed E-state index contributed by atoms with van der Waals surface area (Å²) in [4.78, 5) is 2.50. The number of ether oxygens (including phenoxy) is 2. The van der Waals surface area contributed by atoms with Gasteiger partial charge in [0.25, 0.3) is 0 Å². The Kier molecular flexibility index (Phi) is 5.92. The molecule has 0 bridgehead atoms. The molecule has 0 aromatic heterocycles. The Balaban J connectivity index is 1.73. The summed E-state index contributed by atoms with van der Waals surface area (Å²) < 4.78 is 38.1. The molecule has 0 aliphatic carbocycles. The maximum absolute atomic E-state index is 12.9. The second-order valence-corrected chi connectivity index (χ2v) is 8.36. The lowest BCUT2D eigenvalue weighted by Gasteiger charge is -2.36. The molecule has 0 atom stereocenters. The van der Waals surface area contributed by atoms with Crippen molar-refractivity contribution in [2.75, 3.05) is 45.3 Å². The number of piperazine rings is 1. The van der Waals surface area contributed by atoms with Crippen molar-refractivity contribution in [2.24, 2.45) is 0 Å². The summed E-state index contributed by atoms with van der Waals surface area (Å²) in [5.41, 5.74) is 2.08. The first kappa shape index (κ1) is 19.5. The Hall–Kier alpha value is -2.25. The number of hydrogen-bond donors (Lipinski definition) is 0. The summed E-state index contributed by atoms with van der Waals surface area (Å²) >= 11 is 0. The Bertz CT molecular complexity index is 873. The minimum atomic E-state index is -3.46. The SMILES string of the molecule is CCc1ccc(S(=O)(=O)N2CCN(c3ccc(OC)cc3OC)CC2)cc1. The summed E-state index contributed by atoms with van der Waals surface area (Å²) in [5.74, 6) is 1.45. The van der Waals surface area contributed by atoms with Crippen LogP contribution in [0.5, 0.6) is 11.5 Å². The predicted molar refractivity (Wildman–Crippen MR) is 106 cm³/mol. The van der Waals surface area contributed by atoms with Gasteiger partial charge in [-0.15, -0.1) is 0 Å². The van der Waals surface area contributed by atoms with Crippen LogP contribution in [0.25, 0.3) is 0 Å². The summed E-state index contributed by atoms with van der Waals surface area (Å²) in [6, 6.07) is 12.8. The Morgan fingerprint density at radius 3 is 2.15 bits per heavy atom. The minimum Gasteiger partial charge on any atom is -0.497 e. The molecule has 0 saturated carbocycles. The maximum atomic E-state index is 12.9. The summed E-state index contributed by atoms with van der Waals surface area (Å²) in [5, 5.41) is 0. The number of hydrogen-bond acceptors (Lipinski definition) is 5. The van der Waals surface area contributed by atoms with Crippen LogP contribution in [-0.4, -0.2) is 53.1 Å². The van der Waals surface area contributed by atoms with Crippen molar-refractivity contribution in [3.63, 3.8) is 0 Å². The van der Waals surface area contributed by atoms with Gasteiger partial charge in [0.2, 0.25) is 10.0 Å². The van der Waals surface area contributed by atoms with Crippen LogP contribution < -0.4 is 14.4 Å². The lowest BCUT2D eigenvalue weighted by Crippen LogP contribution is -2.48. The Morgan fingerprint density at radius 1 is 0.926 bits per heavy atom. The highest BCUT2D eigenvalue weighted by Gasteiger charge is 2.29. The normalized spacial score (nSPS) is 15.6. The molecule has 0 unspecified atom stereocenters. The van der Waals surface area contributed by atoms with Crippen LogP contribution in [0, 0.1) is 0 Å². The van der Waals surface area contributed by atoms with Gasteiger partial charge in [-0.2, -0.15) is 4.31 Å². The number of methoxy groups -OCH3 is 2. The van der Waals surface area contributed by atoms with Gasteiger partial charge in [0.15, 0.2) is 0 Å². The van der Waals surface area contributed by atoms with Crippen molar-refractivity contribution < 1.29 is 17.9 Å². The third-order valence-electron chi connectivity index (χ3n) is 4.94. The van der Waals surface area contributed by atoms with Gasteiger partial charge in [-0.25, -0.2) is 8.42 Å². The number of nitrogens with zero attached hydrogens (tertiary/aromatic N) is 2. The van der Waals surface area contributed by atoms with Crippen molar-refractivity contribution in [1.29, 1.82) is 0 Å². The van der Waals surface area contributed by atoms with Gasteiger partial charge in [-0.05, 0) is 36.2 Å². The van der Waals surface area contributed by atoms with Crippen LogP contribution in [0.2, 0.25) is 0 Å². The summed E-state index contributed by atoms with van der Waals surface area (Å²) in [6.07, 6.45) is 0.892. The lowest BCUT2D eigenvalue weighted by molar-refractivity contribution is 0.375. The van der Waals surface area contributed by atoms with E-state index in [9.17, 15) is 8.42 Å². The molecule has 1 aliphatic heterocycles. The van der Waals surface area contributed by atoms with Gasteiger partial charge >= 0.3 is 0 Å². The summed E-state index contributed by atoms with van der Waals surface area (Å²) in [6.45, 7) is 4.14. The number of aryl methyl sites for hydroxylation is 1. The molecule has 6 nitrogen and oxygen atoms in total. The highest BCUT2D eigenvalue weighted by molar-refractivity contribution is 7.89. The quantitative estimate of drug-likeness (QED) is 0.759. The van der Waals surface area contributed by atoms with E-state index in [1.807, 2.05) is 30.3 Å². The van der Waals surface area contributed by atoms with E-state index in [4.69, 9.17) is 9.47 Å². The van der Waals surface area contributed by atoms with Crippen LogP contribution in [-0.2, 0) is 16.4 Å². The molecule has 3 rings (SSSR count). The fourth-order valence-corrected chi connectivity index (χ4v) is 4.68. The first-order chi connectivity index (χ1) is 13.0. The van der Waals surface area contributed by atoms with Gasteiger partial charge < -0.3 is 14.4 Å². The Labute approximate surface area is 161 Å². The number of rotatable bonds is 6. The highest BCUT2D eigenvalue weighted by atomic mass is 32.2. The standard InChI is InChI=1S/C20H26N2O4S/c1-4-16-5-8-18(9-6-16)27(23,24)22-13-11-21(12-14-22)19-10-7-17(25-2)15-20(19)26-3/h5-10,15H,4,11-14H2,1-3H3. The van der Waals surface area contributed by atoms with Crippen molar-refractivity contribution in [3.05, 3.63) is 48.0 Å². The van der Waals surface area contributed by atoms with E-state index >= 15 is 0 Å². The molecule has 2 aromatic rings. The van der Waals surface area contributed by atoms with Gasteiger partial charge in [0.05, 0.1) is 24.8 Å². The van der Waals surface area contributed by atoms with E-state index in [1.165, 1.54) is 0 Å². The molecular formula is C20H26N2O4S. The molecule has 0 radical (unpaired) electrons. The zero-order chi connectivity index (χ0) is 19.4. The van der Waals surface area contributed by atoms with E-state index in [0.717, 1.165) is 29.2 Å². The molecular weight excluding hydrogens is 364 g/mol. The fourth-order valence-electron chi connectivity index (χ4n) is 3.26. The minimum absolute atomic E-state index is 0.357. The van der Waals surface area contributed by atoms with Gasteiger partial charge in [-0.1, -0.05) is 19.1 Å². The average molecular weight is 391 g/mol. The Morgan fingerprint density at radius 2 is 1.59 bits per heavy atom. The molecule has 2 aromatic carbocycles. The summed E-state index contributed by atoms with van der Waals surface area (Å²) in [7, 11) is -0.223. The number of sulfonamides is 1. The number of benzene rings is 2. The largest absolute Gasteiger partial charge is 0.497 e. The molecule has 7 heteroatoms. The average Bonchev–Trinajstić information content (AvgIpc) is 2.73. The van der Waals surface area contributed by atoms with E-state index in [2.05, 4.69) is 11.8 Å². The molecule has 27 heavy (non-hydrogen) atoms. The second kappa shape index (κ2) is 8.19. The van der Waals surface area contributed by atoms with E-state index < -0.39 is 10.0 Å². The van der Waals surface area contributed by atoms with Crippen molar-refractivity contribution in [2.45, 2.75) is 18.2 Å². The maximum Gasteiger partial charge on any atom is 0.243 e. The molecule has 1 aliphatic rings. The molecule has 0 N–H and O–H groups in total. The molecule has 146 valence electrons. The van der Waals surface area contributed by atoms with Crippen LogP contribution >= 0.6 is 0 Å². The van der Waals surface area contributed by atoms with Crippen LogP contribution in [0.1, 0.15) is 12.5 Å². The predicted octanol–water partition coefficient (Wildman–Crippen LogP) is 2.78. The molecule has 0 spiro atoms. The van der Waals surface area contributed by atoms with Crippen LogP contribution in [0.3, 0.4) is 0 Å².